The van der Waals surface area contributed by atoms with Gasteiger partial charge in [0, 0.05) is 25.7 Å². The summed E-state index contributed by atoms with van der Waals surface area (Å²) in [7, 11) is 1.65. The summed E-state index contributed by atoms with van der Waals surface area (Å²) in [6, 6.07) is 7.31. The summed E-state index contributed by atoms with van der Waals surface area (Å²) >= 11 is 0. The predicted molar refractivity (Wildman–Crippen MR) is 90.5 cm³/mol. The first-order valence-corrected chi connectivity index (χ1v) is 7.99. The highest BCUT2D eigenvalue weighted by molar-refractivity contribution is 5.96. The van der Waals surface area contributed by atoms with E-state index in [1.165, 1.54) is 11.2 Å². The number of carbonyl (C=O) groups is 2. The van der Waals surface area contributed by atoms with Crippen LogP contribution < -0.4 is 0 Å². The van der Waals surface area contributed by atoms with E-state index in [-0.39, 0.29) is 18.4 Å². The first-order valence-electron chi connectivity index (χ1n) is 7.99. The van der Waals surface area contributed by atoms with Crippen molar-refractivity contribution in [3.63, 3.8) is 0 Å². The molecule has 0 aliphatic heterocycles. The largest absolute Gasteiger partial charge is 0.342 e. The maximum atomic E-state index is 12.4. The average molecular weight is 329 g/mol. The molecule has 2 aromatic rings. The lowest BCUT2D eigenvalue weighted by molar-refractivity contribution is -0.131. The van der Waals surface area contributed by atoms with Gasteiger partial charge in [-0.2, -0.15) is 5.10 Å². The summed E-state index contributed by atoms with van der Waals surface area (Å²) in [5.41, 5.74) is 1.59. The number of likely N-dealkylation sites (N-methyl/N-ethyl adjacent to an activating group) is 2. The van der Waals surface area contributed by atoms with E-state index in [4.69, 9.17) is 0 Å². The van der Waals surface area contributed by atoms with Gasteiger partial charge < -0.3 is 9.80 Å². The van der Waals surface area contributed by atoms with Crippen molar-refractivity contribution in [1.82, 2.24) is 24.6 Å². The molecular formula is C17H23N5O2. The molecule has 2 rings (SSSR count). The molecule has 0 saturated carbocycles. The fourth-order valence-electron chi connectivity index (χ4n) is 2.43. The molecule has 0 saturated heterocycles. The quantitative estimate of drug-likeness (QED) is 0.767. The van der Waals surface area contributed by atoms with Crippen LogP contribution in [0.4, 0.5) is 0 Å². The Morgan fingerprint density at radius 2 is 1.79 bits per heavy atom. The second kappa shape index (κ2) is 8.24. The Hall–Kier alpha value is -2.70. The normalized spacial score (nSPS) is 10.5. The Morgan fingerprint density at radius 3 is 2.33 bits per heavy atom. The van der Waals surface area contributed by atoms with Crippen LogP contribution in [0.5, 0.6) is 0 Å². The Balaban J connectivity index is 1.97. The van der Waals surface area contributed by atoms with Crippen molar-refractivity contribution >= 4 is 11.8 Å². The summed E-state index contributed by atoms with van der Waals surface area (Å²) < 4.78 is 1.71. The van der Waals surface area contributed by atoms with Crippen LogP contribution in [0.25, 0.3) is 0 Å². The topological polar surface area (TPSA) is 71.3 Å². The molecule has 0 unspecified atom stereocenters. The van der Waals surface area contributed by atoms with Crippen LogP contribution >= 0.6 is 0 Å². The van der Waals surface area contributed by atoms with E-state index in [2.05, 4.69) is 10.1 Å². The maximum absolute atomic E-state index is 12.4. The molecule has 0 spiro atoms. The number of carbonyl (C=O) groups excluding carboxylic acids is 2. The maximum Gasteiger partial charge on any atom is 0.254 e. The summed E-state index contributed by atoms with van der Waals surface area (Å²) in [4.78, 5) is 31.6. The highest BCUT2D eigenvalue weighted by Crippen LogP contribution is 2.08. The number of amides is 2. The third kappa shape index (κ3) is 4.41. The van der Waals surface area contributed by atoms with E-state index in [1.807, 2.05) is 26.0 Å². The smallest absolute Gasteiger partial charge is 0.254 e. The zero-order chi connectivity index (χ0) is 17.5. The van der Waals surface area contributed by atoms with Crippen molar-refractivity contribution in [3.8, 4) is 0 Å². The van der Waals surface area contributed by atoms with Crippen molar-refractivity contribution in [1.29, 1.82) is 0 Å². The molecule has 0 N–H and O–H groups in total. The zero-order valence-electron chi connectivity index (χ0n) is 14.3. The van der Waals surface area contributed by atoms with Crippen molar-refractivity contribution in [2.45, 2.75) is 20.4 Å². The van der Waals surface area contributed by atoms with E-state index in [1.54, 1.807) is 35.1 Å². The molecule has 0 bridgehead atoms. The summed E-state index contributed by atoms with van der Waals surface area (Å²) in [5.74, 6) is -0.207. The van der Waals surface area contributed by atoms with Crippen LogP contribution in [-0.2, 0) is 11.3 Å². The van der Waals surface area contributed by atoms with Gasteiger partial charge in [-0.15, -0.1) is 0 Å². The molecule has 0 atom stereocenters. The minimum Gasteiger partial charge on any atom is -0.342 e. The van der Waals surface area contributed by atoms with Crippen LogP contribution in [0.3, 0.4) is 0 Å². The molecule has 1 aromatic heterocycles. The molecule has 0 aliphatic rings. The lowest BCUT2D eigenvalue weighted by Gasteiger charge is -2.23. The number of aromatic nitrogens is 3. The second-order valence-corrected chi connectivity index (χ2v) is 5.52. The Bertz CT molecular complexity index is 663. The van der Waals surface area contributed by atoms with Crippen molar-refractivity contribution < 1.29 is 9.59 Å². The molecule has 24 heavy (non-hydrogen) atoms. The van der Waals surface area contributed by atoms with Gasteiger partial charge in [-0.05, 0) is 31.5 Å². The van der Waals surface area contributed by atoms with E-state index < -0.39 is 0 Å². The molecule has 0 aliphatic carbocycles. The Kier molecular flexibility index (Phi) is 6.06. The monoisotopic (exact) mass is 329 g/mol. The van der Waals surface area contributed by atoms with Crippen LogP contribution in [0.2, 0.25) is 0 Å². The Labute approximate surface area is 141 Å². The lowest BCUT2D eigenvalue weighted by Crippen LogP contribution is -2.41. The SMILES string of the molecule is CCN(CC)C(=O)CN(C)C(=O)c1ccc(Cn2cncn2)cc1. The van der Waals surface area contributed by atoms with Crippen LogP contribution in [-0.4, -0.2) is 63.1 Å². The molecule has 7 nitrogen and oxygen atoms in total. The average Bonchev–Trinajstić information content (AvgIpc) is 3.09. The molecular weight excluding hydrogens is 306 g/mol. The molecule has 1 aromatic carbocycles. The van der Waals surface area contributed by atoms with Crippen molar-refractivity contribution in [2.24, 2.45) is 0 Å². The first-order chi connectivity index (χ1) is 11.5. The summed E-state index contributed by atoms with van der Waals surface area (Å²) in [6.45, 7) is 5.84. The number of nitrogens with zero attached hydrogens (tertiary/aromatic N) is 5. The molecule has 128 valence electrons. The zero-order valence-corrected chi connectivity index (χ0v) is 14.3. The molecule has 2 amide bonds. The fraction of sp³-hybridized carbons (Fsp3) is 0.412. The van der Waals surface area contributed by atoms with Gasteiger partial charge in [0.05, 0.1) is 13.1 Å². The number of hydrogen-bond acceptors (Lipinski definition) is 4. The van der Waals surface area contributed by atoms with Crippen LogP contribution in [0.15, 0.2) is 36.9 Å². The lowest BCUT2D eigenvalue weighted by atomic mass is 10.1. The van der Waals surface area contributed by atoms with E-state index in [0.717, 1.165) is 5.56 Å². The number of rotatable bonds is 7. The van der Waals surface area contributed by atoms with Gasteiger partial charge in [0.2, 0.25) is 5.91 Å². The van der Waals surface area contributed by atoms with Gasteiger partial charge in [0.1, 0.15) is 12.7 Å². The van der Waals surface area contributed by atoms with Gasteiger partial charge in [0.25, 0.3) is 5.91 Å². The number of hydrogen-bond donors (Lipinski definition) is 0. The predicted octanol–water partition coefficient (Wildman–Crippen LogP) is 1.27. The van der Waals surface area contributed by atoms with Crippen molar-refractivity contribution in [2.75, 3.05) is 26.7 Å². The van der Waals surface area contributed by atoms with E-state index in [0.29, 0.717) is 25.2 Å². The third-order valence-electron chi connectivity index (χ3n) is 3.85. The standard InChI is InChI=1S/C17H23N5O2/c1-4-21(5-2)16(23)11-20(3)17(24)15-8-6-14(7-9-15)10-22-13-18-12-19-22/h6-9,12-13H,4-5,10-11H2,1-3H3. The third-order valence-corrected chi connectivity index (χ3v) is 3.85. The van der Waals surface area contributed by atoms with Gasteiger partial charge in [-0.25, -0.2) is 9.67 Å². The first kappa shape index (κ1) is 17.7. The fourth-order valence-corrected chi connectivity index (χ4v) is 2.43. The van der Waals surface area contributed by atoms with Crippen molar-refractivity contribution in [3.05, 3.63) is 48.0 Å². The van der Waals surface area contributed by atoms with E-state index in [9.17, 15) is 9.59 Å². The van der Waals surface area contributed by atoms with Crippen LogP contribution in [0.1, 0.15) is 29.8 Å². The highest BCUT2D eigenvalue weighted by atomic mass is 16.2. The van der Waals surface area contributed by atoms with Gasteiger partial charge in [-0.3, -0.25) is 9.59 Å². The molecule has 0 fully saturated rings. The van der Waals surface area contributed by atoms with Gasteiger partial charge in [-0.1, -0.05) is 12.1 Å². The van der Waals surface area contributed by atoms with Gasteiger partial charge >= 0.3 is 0 Å². The minimum atomic E-state index is -0.164. The Morgan fingerprint density at radius 1 is 1.12 bits per heavy atom. The molecule has 1 heterocycles. The summed E-state index contributed by atoms with van der Waals surface area (Å²) in [5, 5.41) is 4.05. The number of benzene rings is 1. The molecule has 0 radical (unpaired) electrons. The minimum absolute atomic E-state index is 0.0429. The second-order valence-electron chi connectivity index (χ2n) is 5.52. The summed E-state index contributed by atoms with van der Waals surface area (Å²) in [6.07, 6.45) is 3.13. The van der Waals surface area contributed by atoms with E-state index >= 15 is 0 Å². The molecule has 7 heteroatoms. The van der Waals surface area contributed by atoms with Gasteiger partial charge in [0.15, 0.2) is 0 Å². The highest BCUT2D eigenvalue weighted by Gasteiger charge is 2.17. The van der Waals surface area contributed by atoms with Crippen LogP contribution in [0, 0.1) is 0 Å².